The van der Waals surface area contributed by atoms with E-state index in [1.807, 2.05) is 0 Å². The number of hydrogen-bond acceptors (Lipinski definition) is 2. The van der Waals surface area contributed by atoms with Crippen LogP contribution in [0.3, 0.4) is 0 Å². The lowest BCUT2D eigenvalue weighted by Crippen LogP contribution is -2.69. The molecule has 0 radical (unpaired) electrons. The van der Waals surface area contributed by atoms with Crippen molar-refractivity contribution in [3.8, 4) is 0 Å². The highest BCUT2D eigenvalue weighted by atomic mass is 15.3. The Kier molecular flexibility index (Phi) is 4.94. The lowest BCUT2D eigenvalue weighted by Gasteiger charge is -2.56. The number of nitrogens with one attached hydrogen (secondary N) is 1. The molecule has 0 bridgehead atoms. The van der Waals surface area contributed by atoms with E-state index >= 15 is 0 Å². The molecule has 1 saturated heterocycles. The van der Waals surface area contributed by atoms with Crippen LogP contribution in [-0.4, -0.2) is 35.6 Å². The molecule has 112 valence electrons. The minimum absolute atomic E-state index is 0.330. The van der Waals surface area contributed by atoms with Gasteiger partial charge in [-0.2, -0.15) is 0 Å². The predicted molar refractivity (Wildman–Crippen MR) is 83.5 cm³/mol. The SMILES string of the molecule is CCC(C)CN1CC(C)(CC)NCC12CCCCC2. The van der Waals surface area contributed by atoms with Crippen molar-refractivity contribution in [2.75, 3.05) is 19.6 Å². The Bertz CT molecular complexity index is 283. The Morgan fingerprint density at radius 2 is 1.84 bits per heavy atom. The van der Waals surface area contributed by atoms with Gasteiger partial charge in [-0.3, -0.25) is 4.90 Å². The molecule has 0 aromatic rings. The molecule has 2 heteroatoms. The normalized spacial score (nSPS) is 33.5. The molecule has 2 nitrogen and oxygen atoms in total. The molecule has 2 atom stereocenters. The zero-order valence-corrected chi connectivity index (χ0v) is 13.6. The third kappa shape index (κ3) is 3.33. The average molecular weight is 266 g/mol. The Morgan fingerprint density at radius 3 is 2.42 bits per heavy atom. The molecule has 2 unspecified atom stereocenters. The topological polar surface area (TPSA) is 15.3 Å². The van der Waals surface area contributed by atoms with Gasteiger partial charge in [0.25, 0.3) is 0 Å². The van der Waals surface area contributed by atoms with E-state index in [4.69, 9.17) is 0 Å². The van der Waals surface area contributed by atoms with E-state index in [2.05, 4.69) is 37.9 Å². The lowest BCUT2D eigenvalue weighted by molar-refractivity contribution is -0.0240. The van der Waals surface area contributed by atoms with E-state index in [-0.39, 0.29) is 0 Å². The predicted octanol–water partition coefficient (Wildman–Crippen LogP) is 3.81. The maximum absolute atomic E-state index is 3.89. The van der Waals surface area contributed by atoms with Gasteiger partial charge in [0.15, 0.2) is 0 Å². The van der Waals surface area contributed by atoms with Gasteiger partial charge >= 0.3 is 0 Å². The Balaban J connectivity index is 2.12. The van der Waals surface area contributed by atoms with Gasteiger partial charge in [-0.15, -0.1) is 0 Å². The van der Waals surface area contributed by atoms with Gasteiger partial charge in [0.1, 0.15) is 0 Å². The van der Waals surface area contributed by atoms with E-state index in [1.54, 1.807) is 0 Å². The van der Waals surface area contributed by atoms with Crippen LogP contribution in [0.15, 0.2) is 0 Å². The molecule has 1 N–H and O–H groups in total. The van der Waals surface area contributed by atoms with E-state index in [9.17, 15) is 0 Å². The quantitative estimate of drug-likeness (QED) is 0.832. The first-order chi connectivity index (χ1) is 9.03. The molecule has 2 aliphatic rings. The van der Waals surface area contributed by atoms with Crippen molar-refractivity contribution < 1.29 is 0 Å². The number of nitrogens with zero attached hydrogens (tertiary/aromatic N) is 1. The molecule has 19 heavy (non-hydrogen) atoms. The average Bonchev–Trinajstić information content (AvgIpc) is 2.44. The summed E-state index contributed by atoms with van der Waals surface area (Å²) in [5.74, 6) is 0.831. The summed E-state index contributed by atoms with van der Waals surface area (Å²) >= 11 is 0. The van der Waals surface area contributed by atoms with Crippen molar-refractivity contribution in [2.45, 2.75) is 83.7 Å². The van der Waals surface area contributed by atoms with E-state index in [0.717, 1.165) is 5.92 Å². The van der Waals surface area contributed by atoms with Crippen LogP contribution in [0.4, 0.5) is 0 Å². The fourth-order valence-corrected chi connectivity index (χ4v) is 3.84. The summed E-state index contributed by atoms with van der Waals surface area (Å²) in [4.78, 5) is 2.88. The Morgan fingerprint density at radius 1 is 1.16 bits per heavy atom. The number of piperazine rings is 1. The van der Waals surface area contributed by atoms with Crippen LogP contribution in [-0.2, 0) is 0 Å². The fraction of sp³-hybridized carbons (Fsp3) is 1.00. The maximum atomic E-state index is 3.89. The van der Waals surface area contributed by atoms with Crippen molar-refractivity contribution in [1.82, 2.24) is 10.2 Å². The third-order valence-electron chi connectivity index (χ3n) is 5.85. The van der Waals surface area contributed by atoms with Gasteiger partial charge in [-0.25, -0.2) is 0 Å². The summed E-state index contributed by atoms with van der Waals surface area (Å²) < 4.78 is 0. The highest BCUT2D eigenvalue weighted by Gasteiger charge is 2.45. The van der Waals surface area contributed by atoms with Crippen LogP contribution in [0, 0.1) is 5.92 Å². The number of rotatable bonds is 4. The molecule has 0 aromatic carbocycles. The molecule has 1 aliphatic heterocycles. The molecule has 2 fully saturated rings. The van der Waals surface area contributed by atoms with Crippen molar-refractivity contribution >= 4 is 0 Å². The van der Waals surface area contributed by atoms with Gasteiger partial charge in [-0.05, 0) is 32.1 Å². The van der Waals surface area contributed by atoms with Gasteiger partial charge in [0.2, 0.25) is 0 Å². The van der Waals surface area contributed by atoms with Crippen LogP contribution in [0.5, 0.6) is 0 Å². The van der Waals surface area contributed by atoms with Crippen LogP contribution in [0.1, 0.15) is 72.6 Å². The van der Waals surface area contributed by atoms with Gasteiger partial charge < -0.3 is 5.32 Å². The minimum Gasteiger partial charge on any atom is -0.308 e. The summed E-state index contributed by atoms with van der Waals surface area (Å²) in [5, 5.41) is 3.89. The van der Waals surface area contributed by atoms with Crippen molar-refractivity contribution in [3.05, 3.63) is 0 Å². The van der Waals surface area contributed by atoms with Crippen LogP contribution >= 0.6 is 0 Å². The highest BCUT2D eigenvalue weighted by molar-refractivity contribution is 5.04. The van der Waals surface area contributed by atoms with E-state index < -0.39 is 0 Å². The molecule has 1 heterocycles. The first-order valence-electron chi connectivity index (χ1n) is 8.54. The van der Waals surface area contributed by atoms with Gasteiger partial charge in [0, 0.05) is 30.7 Å². The minimum atomic E-state index is 0.330. The largest absolute Gasteiger partial charge is 0.308 e. The first-order valence-corrected chi connectivity index (χ1v) is 8.54. The van der Waals surface area contributed by atoms with E-state index in [1.165, 1.54) is 64.6 Å². The van der Waals surface area contributed by atoms with Crippen LogP contribution in [0.25, 0.3) is 0 Å². The van der Waals surface area contributed by atoms with Crippen LogP contribution < -0.4 is 5.32 Å². The smallest absolute Gasteiger partial charge is 0.0335 e. The molecule has 2 rings (SSSR count). The van der Waals surface area contributed by atoms with Crippen molar-refractivity contribution in [1.29, 1.82) is 0 Å². The fourth-order valence-electron chi connectivity index (χ4n) is 3.84. The molecule has 1 saturated carbocycles. The number of hydrogen-bond donors (Lipinski definition) is 1. The zero-order valence-electron chi connectivity index (χ0n) is 13.6. The summed E-state index contributed by atoms with van der Waals surface area (Å²) in [6.45, 7) is 13.2. The zero-order chi connectivity index (χ0) is 13.9. The van der Waals surface area contributed by atoms with E-state index in [0.29, 0.717) is 11.1 Å². The van der Waals surface area contributed by atoms with Gasteiger partial charge in [-0.1, -0.05) is 46.5 Å². The molecular formula is C17H34N2. The lowest BCUT2D eigenvalue weighted by atomic mass is 9.76. The highest BCUT2D eigenvalue weighted by Crippen LogP contribution is 2.38. The Labute approximate surface area is 120 Å². The summed E-state index contributed by atoms with van der Waals surface area (Å²) in [7, 11) is 0. The molecular weight excluding hydrogens is 232 g/mol. The Hall–Kier alpha value is -0.0800. The third-order valence-corrected chi connectivity index (χ3v) is 5.85. The second kappa shape index (κ2) is 6.13. The standard InChI is InChI=1S/C17H34N2/c1-5-15(3)12-19-14-16(4,6-2)18-13-17(19)10-8-7-9-11-17/h15,18H,5-14H2,1-4H3. The second-order valence-corrected chi connectivity index (χ2v) is 7.45. The maximum Gasteiger partial charge on any atom is 0.0335 e. The van der Waals surface area contributed by atoms with Crippen molar-refractivity contribution in [3.63, 3.8) is 0 Å². The molecule has 0 amide bonds. The molecule has 1 aliphatic carbocycles. The first kappa shape index (κ1) is 15.3. The molecule has 1 spiro atoms. The van der Waals surface area contributed by atoms with Gasteiger partial charge in [0.05, 0.1) is 0 Å². The monoisotopic (exact) mass is 266 g/mol. The summed E-state index contributed by atoms with van der Waals surface area (Å²) in [6, 6.07) is 0. The van der Waals surface area contributed by atoms with Crippen molar-refractivity contribution in [2.24, 2.45) is 5.92 Å². The molecule has 0 aromatic heterocycles. The second-order valence-electron chi connectivity index (χ2n) is 7.45. The summed E-state index contributed by atoms with van der Waals surface area (Å²) in [6.07, 6.45) is 9.68. The summed E-state index contributed by atoms with van der Waals surface area (Å²) in [5.41, 5.74) is 0.812. The van der Waals surface area contributed by atoms with Crippen LogP contribution in [0.2, 0.25) is 0 Å².